The van der Waals surface area contributed by atoms with Gasteiger partial charge in [0, 0.05) is 18.7 Å². The van der Waals surface area contributed by atoms with Gasteiger partial charge in [0.05, 0.1) is 17.8 Å². The van der Waals surface area contributed by atoms with Gasteiger partial charge in [-0.15, -0.1) is 0 Å². The van der Waals surface area contributed by atoms with E-state index in [-0.39, 0.29) is 0 Å². The molecule has 2 rings (SSSR count). The maximum Gasteiger partial charge on any atom is 0.219 e. The van der Waals surface area contributed by atoms with Gasteiger partial charge in [-0.1, -0.05) is 17.7 Å². The quantitative estimate of drug-likeness (QED) is 0.912. The van der Waals surface area contributed by atoms with Crippen molar-refractivity contribution in [3.05, 3.63) is 47.1 Å². The molecule has 0 unspecified atom stereocenters. The first-order chi connectivity index (χ1) is 9.22. The van der Waals surface area contributed by atoms with Gasteiger partial charge in [-0.2, -0.15) is 0 Å². The summed E-state index contributed by atoms with van der Waals surface area (Å²) in [5, 5.41) is 3.63. The highest BCUT2D eigenvalue weighted by Gasteiger charge is 2.05. The molecule has 2 aromatic rings. The molecule has 0 aliphatic carbocycles. The SMILES string of the molecule is CNCc1nc(Oc2cccc(OC)c2)ccc1Cl. The van der Waals surface area contributed by atoms with Crippen LogP contribution in [-0.4, -0.2) is 19.1 Å². The summed E-state index contributed by atoms with van der Waals surface area (Å²) in [4.78, 5) is 4.36. The van der Waals surface area contributed by atoms with Gasteiger partial charge in [0.25, 0.3) is 0 Å². The Morgan fingerprint density at radius 3 is 2.74 bits per heavy atom. The molecule has 5 heteroatoms. The summed E-state index contributed by atoms with van der Waals surface area (Å²) in [5.74, 6) is 1.91. The van der Waals surface area contributed by atoms with Crippen molar-refractivity contribution in [3.63, 3.8) is 0 Å². The number of methoxy groups -OCH3 is 1. The molecule has 0 aliphatic heterocycles. The molecule has 19 heavy (non-hydrogen) atoms. The lowest BCUT2D eigenvalue weighted by molar-refractivity contribution is 0.407. The van der Waals surface area contributed by atoms with E-state index in [1.165, 1.54) is 0 Å². The summed E-state index contributed by atoms with van der Waals surface area (Å²) in [7, 11) is 3.46. The maximum atomic E-state index is 6.05. The molecule has 1 heterocycles. The average molecular weight is 279 g/mol. The molecule has 0 amide bonds. The lowest BCUT2D eigenvalue weighted by Crippen LogP contribution is -2.07. The molecule has 0 saturated heterocycles. The maximum absolute atomic E-state index is 6.05. The van der Waals surface area contributed by atoms with Crippen LogP contribution in [0, 0.1) is 0 Å². The predicted octanol–water partition coefficient (Wildman–Crippen LogP) is 3.26. The van der Waals surface area contributed by atoms with Crippen molar-refractivity contribution in [2.24, 2.45) is 0 Å². The normalized spacial score (nSPS) is 10.3. The summed E-state index contributed by atoms with van der Waals surface area (Å²) in [6.45, 7) is 0.591. The summed E-state index contributed by atoms with van der Waals surface area (Å²) in [5.41, 5.74) is 0.754. The monoisotopic (exact) mass is 278 g/mol. The molecule has 0 spiro atoms. The molecule has 0 atom stereocenters. The molecule has 0 bridgehead atoms. The van der Waals surface area contributed by atoms with Gasteiger partial charge in [-0.05, 0) is 25.2 Å². The predicted molar refractivity (Wildman–Crippen MR) is 75.1 cm³/mol. The van der Waals surface area contributed by atoms with E-state index in [9.17, 15) is 0 Å². The minimum absolute atomic E-state index is 0.503. The van der Waals surface area contributed by atoms with Crippen LogP contribution in [0.2, 0.25) is 5.02 Å². The number of benzene rings is 1. The van der Waals surface area contributed by atoms with Crippen LogP contribution < -0.4 is 14.8 Å². The molecule has 0 aliphatic rings. The Balaban J connectivity index is 2.20. The van der Waals surface area contributed by atoms with E-state index in [1.54, 1.807) is 25.3 Å². The fourth-order valence-electron chi connectivity index (χ4n) is 1.60. The smallest absolute Gasteiger partial charge is 0.219 e. The molecule has 1 aromatic carbocycles. The van der Waals surface area contributed by atoms with Gasteiger partial charge in [-0.25, -0.2) is 4.98 Å². The number of nitrogens with one attached hydrogen (secondary N) is 1. The van der Waals surface area contributed by atoms with Crippen molar-refractivity contribution in [1.82, 2.24) is 10.3 Å². The molecule has 1 aromatic heterocycles. The zero-order valence-corrected chi connectivity index (χ0v) is 11.6. The van der Waals surface area contributed by atoms with Gasteiger partial charge < -0.3 is 14.8 Å². The number of hydrogen-bond donors (Lipinski definition) is 1. The van der Waals surface area contributed by atoms with Gasteiger partial charge in [-0.3, -0.25) is 0 Å². The zero-order valence-electron chi connectivity index (χ0n) is 10.8. The summed E-state index contributed by atoms with van der Waals surface area (Å²) in [6, 6.07) is 10.9. The number of aromatic nitrogens is 1. The second kappa shape index (κ2) is 6.41. The topological polar surface area (TPSA) is 43.4 Å². The van der Waals surface area contributed by atoms with E-state index in [2.05, 4.69) is 10.3 Å². The Morgan fingerprint density at radius 2 is 2.00 bits per heavy atom. The summed E-state index contributed by atoms with van der Waals surface area (Å²) >= 11 is 6.05. The highest BCUT2D eigenvalue weighted by Crippen LogP contribution is 2.25. The van der Waals surface area contributed by atoms with Crippen LogP contribution in [0.1, 0.15) is 5.69 Å². The van der Waals surface area contributed by atoms with Crippen LogP contribution in [0.15, 0.2) is 36.4 Å². The van der Waals surface area contributed by atoms with E-state index in [1.807, 2.05) is 25.2 Å². The summed E-state index contributed by atoms with van der Waals surface area (Å²) < 4.78 is 10.8. The van der Waals surface area contributed by atoms with Gasteiger partial charge in [0.1, 0.15) is 11.5 Å². The number of ether oxygens (including phenoxy) is 2. The second-order valence-corrected chi connectivity index (χ2v) is 4.30. The molecule has 0 saturated carbocycles. The van der Waals surface area contributed by atoms with Crippen LogP contribution in [-0.2, 0) is 6.54 Å². The van der Waals surface area contributed by atoms with Crippen molar-refractivity contribution in [1.29, 1.82) is 0 Å². The Labute approximate surface area is 117 Å². The zero-order chi connectivity index (χ0) is 13.7. The van der Waals surface area contributed by atoms with E-state index in [4.69, 9.17) is 21.1 Å². The van der Waals surface area contributed by atoms with E-state index in [0.717, 1.165) is 11.4 Å². The number of halogens is 1. The minimum Gasteiger partial charge on any atom is -0.497 e. The number of rotatable bonds is 5. The first-order valence-corrected chi connectivity index (χ1v) is 6.22. The minimum atomic E-state index is 0.503. The molecule has 100 valence electrons. The van der Waals surface area contributed by atoms with Crippen LogP contribution in [0.4, 0.5) is 0 Å². The Bertz CT molecular complexity index is 561. The molecule has 0 fully saturated rings. The molecule has 1 N–H and O–H groups in total. The Kier molecular flexibility index (Phi) is 4.60. The number of hydrogen-bond acceptors (Lipinski definition) is 4. The first-order valence-electron chi connectivity index (χ1n) is 5.85. The van der Waals surface area contributed by atoms with Crippen LogP contribution in [0.25, 0.3) is 0 Å². The standard InChI is InChI=1S/C14H15ClN2O2/c1-16-9-13-12(15)6-7-14(17-13)19-11-5-3-4-10(8-11)18-2/h3-8,16H,9H2,1-2H3. The van der Waals surface area contributed by atoms with Gasteiger partial charge >= 0.3 is 0 Å². The van der Waals surface area contributed by atoms with Gasteiger partial charge in [0.2, 0.25) is 5.88 Å². The van der Waals surface area contributed by atoms with E-state index < -0.39 is 0 Å². The van der Waals surface area contributed by atoms with Crippen molar-refractivity contribution < 1.29 is 9.47 Å². The Morgan fingerprint density at radius 1 is 1.21 bits per heavy atom. The second-order valence-electron chi connectivity index (χ2n) is 3.89. The van der Waals surface area contributed by atoms with Crippen LogP contribution >= 0.6 is 11.6 Å². The molecule has 0 radical (unpaired) electrons. The molecule has 4 nitrogen and oxygen atoms in total. The fourth-order valence-corrected chi connectivity index (χ4v) is 1.77. The third-order valence-electron chi connectivity index (χ3n) is 2.50. The van der Waals surface area contributed by atoms with Gasteiger partial charge in [0.15, 0.2) is 0 Å². The largest absolute Gasteiger partial charge is 0.497 e. The van der Waals surface area contributed by atoms with E-state index in [0.29, 0.717) is 23.2 Å². The first kappa shape index (κ1) is 13.6. The fraction of sp³-hybridized carbons (Fsp3) is 0.214. The van der Waals surface area contributed by atoms with E-state index >= 15 is 0 Å². The molecular formula is C14H15ClN2O2. The third-order valence-corrected chi connectivity index (χ3v) is 2.85. The highest BCUT2D eigenvalue weighted by atomic mass is 35.5. The Hall–Kier alpha value is -1.78. The van der Waals surface area contributed by atoms with Crippen molar-refractivity contribution in [3.8, 4) is 17.4 Å². The number of nitrogens with zero attached hydrogens (tertiary/aromatic N) is 1. The van der Waals surface area contributed by atoms with Crippen molar-refractivity contribution >= 4 is 11.6 Å². The lowest BCUT2D eigenvalue weighted by atomic mass is 10.3. The van der Waals surface area contributed by atoms with Crippen molar-refractivity contribution in [2.75, 3.05) is 14.2 Å². The molecular weight excluding hydrogens is 264 g/mol. The van der Waals surface area contributed by atoms with Crippen molar-refractivity contribution in [2.45, 2.75) is 6.54 Å². The van der Waals surface area contributed by atoms with Crippen LogP contribution in [0.5, 0.6) is 17.4 Å². The average Bonchev–Trinajstić information content (AvgIpc) is 2.43. The number of pyridine rings is 1. The highest BCUT2D eigenvalue weighted by molar-refractivity contribution is 6.31. The third kappa shape index (κ3) is 3.59. The summed E-state index contributed by atoms with van der Waals surface area (Å²) in [6.07, 6.45) is 0. The lowest BCUT2D eigenvalue weighted by Gasteiger charge is -2.09. The van der Waals surface area contributed by atoms with Crippen LogP contribution in [0.3, 0.4) is 0 Å².